The third kappa shape index (κ3) is 4.70. The summed E-state index contributed by atoms with van der Waals surface area (Å²) in [6.07, 6.45) is -0.111. The van der Waals surface area contributed by atoms with E-state index in [0.29, 0.717) is 22.0 Å². The van der Waals surface area contributed by atoms with Crippen molar-refractivity contribution in [1.82, 2.24) is 0 Å². The molecule has 0 aliphatic rings. The summed E-state index contributed by atoms with van der Waals surface area (Å²) in [5.74, 6) is 0.168. The molecule has 0 bridgehead atoms. The molecule has 0 radical (unpaired) electrons. The first kappa shape index (κ1) is 17.7. The molecule has 126 valence electrons. The van der Waals surface area contributed by atoms with E-state index in [0.717, 1.165) is 0 Å². The molecule has 0 spiro atoms. The quantitative estimate of drug-likeness (QED) is 0.626. The lowest BCUT2D eigenvalue weighted by molar-refractivity contribution is -0.385. The predicted molar refractivity (Wildman–Crippen MR) is 92.6 cm³/mol. The molecule has 1 amide bonds. The number of hydrogen-bond donors (Lipinski definition) is 1. The molecule has 0 unspecified atom stereocenters. The third-order valence-electron chi connectivity index (χ3n) is 3.12. The number of para-hydroxylation sites is 1. The average Bonchev–Trinajstić information content (AvgIpc) is 2.50. The SMILES string of the molecule is CC(C)Oc1ccc(NC(=O)Cc2ccccc2[N+](=O)[O-])cc1Cl. The molecular formula is C17H17ClN2O4. The summed E-state index contributed by atoms with van der Waals surface area (Å²) in [7, 11) is 0. The highest BCUT2D eigenvalue weighted by molar-refractivity contribution is 6.32. The van der Waals surface area contributed by atoms with Gasteiger partial charge in [0, 0.05) is 17.3 Å². The highest BCUT2D eigenvalue weighted by Gasteiger charge is 2.16. The Kier molecular flexibility index (Phi) is 5.76. The molecule has 0 saturated heterocycles. The fraction of sp³-hybridized carbons (Fsp3) is 0.235. The molecule has 2 aromatic rings. The molecule has 24 heavy (non-hydrogen) atoms. The van der Waals surface area contributed by atoms with Crippen LogP contribution in [0.5, 0.6) is 5.75 Å². The van der Waals surface area contributed by atoms with Crippen LogP contribution in [0, 0.1) is 10.1 Å². The molecule has 0 heterocycles. The van der Waals surface area contributed by atoms with Gasteiger partial charge in [-0.1, -0.05) is 29.8 Å². The van der Waals surface area contributed by atoms with Gasteiger partial charge in [-0.2, -0.15) is 0 Å². The van der Waals surface area contributed by atoms with Gasteiger partial charge in [-0.05, 0) is 32.0 Å². The van der Waals surface area contributed by atoms with Gasteiger partial charge in [-0.25, -0.2) is 0 Å². The van der Waals surface area contributed by atoms with Crippen molar-refractivity contribution in [3.05, 3.63) is 63.2 Å². The second-order valence-electron chi connectivity index (χ2n) is 5.42. The number of ether oxygens (including phenoxy) is 1. The smallest absolute Gasteiger partial charge is 0.273 e. The van der Waals surface area contributed by atoms with Gasteiger partial charge in [0.15, 0.2) is 0 Å². The van der Waals surface area contributed by atoms with Crippen LogP contribution < -0.4 is 10.1 Å². The molecule has 0 aliphatic carbocycles. The Morgan fingerprint density at radius 2 is 2.00 bits per heavy atom. The summed E-state index contributed by atoms with van der Waals surface area (Å²) in [5.41, 5.74) is 0.775. The van der Waals surface area contributed by atoms with E-state index in [-0.39, 0.29) is 24.1 Å². The van der Waals surface area contributed by atoms with Gasteiger partial charge in [-0.15, -0.1) is 0 Å². The summed E-state index contributed by atoms with van der Waals surface area (Å²) < 4.78 is 5.52. The van der Waals surface area contributed by atoms with E-state index in [9.17, 15) is 14.9 Å². The van der Waals surface area contributed by atoms with Crippen molar-refractivity contribution in [2.24, 2.45) is 0 Å². The van der Waals surface area contributed by atoms with Gasteiger partial charge in [0.25, 0.3) is 5.69 Å². The van der Waals surface area contributed by atoms with Crippen LogP contribution in [0.3, 0.4) is 0 Å². The van der Waals surface area contributed by atoms with Gasteiger partial charge in [-0.3, -0.25) is 14.9 Å². The highest BCUT2D eigenvalue weighted by atomic mass is 35.5. The van der Waals surface area contributed by atoms with Crippen LogP contribution in [0.15, 0.2) is 42.5 Å². The predicted octanol–water partition coefficient (Wildman–Crippen LogP) is 4.22. The van der Waals surface area contributed by atoms with Crippen molar-refractivity contribution in [1.29, 1.82) is 0 Å². The van der Waals surface area contributed by atoms with E-state index in [1.54, 1.807) is 36.4 Å². The summed E-state index contributed by atoms with van der Waals surface area (Å²) in [6.45, 7) is 3.78. The van der Waals surface area contributed by atoms with Gasteiger partial charge in [0.1, 0.15) is 5.75 Å². The van der Waals surface area contributed by atoms with E-state index in [2.05, 4.69) is 5.32 Å². The van der Waals surface area contributed by atoms with E-state index < -0.39 is 4.92 Å². The minimum Gasteiger partial charge on any atom is -0.489 e. The molecular weight excluding hydrogens is 332 g/mol. The number of halogens is 1. The maximum absolute atomic E-state index is 12.1. The normalized spacial score (nSPS) is 10.5. The number of anilines is 1. The molecule has 1 N–H and O–H groups in total. The van der Waals surface area contributed by atoms with Crippen molar-refractivity contribution >= 4 is 28.9 Å². The maximum atomic E-state index is 12.1. The molecule has 0 saturated carbocycles. The van der Waals surface area contributed by atoms with Crippen LogP contribution in [0.25, 0.3) is 0 Å². The monoisotopic (exact) mass is 348 g/mol. The number of nitrogens with one attached hydrogen (secondary N) is 1. The first-order valence-electron chi connectivity index (χ1n) is 7.35. The fourth-order valence-electron chi connectivity index (χ4n) is 2.14. The Bertz CT molecular complexity index is 762. The van der Waals surface area contributed by atoms with Crippen molar-refractivity contribution in [3.63, 3.8) is 0 Å². The van der Waals surface area contributed by atoms with Crippen LogP contribution in [0.2, 0.25) is 5.02 Å². The van der Waals surface area contributed by atoms with E-state index in [1.807, 2.05) is 13.8 Å². The summed E-state index contributed by atoms with van der Waals surface area (Å²) >= 11 is 6.12. The minimum absolute atomic E-state index is 0.0124. The Morgan fingerprint density at radius 3 is 2.62 bits per heavy atom. The Labute approximate surface area is 144 Å². The summed E-state index contributed by atoms with van der Waals surface area (Å²) in [4.78, 5) is 22.6. The number of nitro benzene ring substituents is 1. The number of nitro groups is 1. The molecule has 2 aromatic carbocycles. The third-order valence-corrected chi connectivity index (χ3v) is 3.41. The van der Waals surface area contributed by atoms with Crippen LogP contribution in [0.4, 0.5) is 11.4 Å². The van der Waals surface area contributed by atoms with Crippen molar-refractivity contribution < 1.29 is 14.5 Å². The van der Waals surface area contributed by atoms with E-state index in [4.69, 9.17) is 16.3 Å². The molecule has 0 atom stereocenters. The van der Waals surface area contributed by atoms with Crippen LogP contribution in [-0.2, 0) is 11.2 Å². The largest absolute Gasteiger partial charge is 0.489 e. The number of benzene rings is 2. The van der Waals surface area contributed by atoms with Crippen molar-refractivity contribution in [3.8, 4) is 5.75 Å². The number of rotatable bonds is 6. The lowest BCUT2D eigenvalue weighted by atomic mass is 10.1. The van der Waals surface area contributed by atoms with Crippen LogP contribution in [-0.4, -0.2) is 16.9 Å². The number of amides is 1. The number of carbonyl (C=O) groups excluding carboxylic acids is 1. The molecule has 2 rings (SSSR count). The zero-order valence-corrected chi connectivity index (χ0v) is 14.0. The standard InChI is InChI=1S/C17H17ClN2O4/c1-11(2)24-16-8-7-13(10-14(16)18)19-17(21)9-12-5-3-4-6-15(12)20(22)23/h3-8,10-11H,9H2,1-2H3,(H,19,21). The second-order valence-corrected chi connectivity index (χ2v) is 5.83. The van der Waals surface area contributed by atoms with Gasteiger partial charge >= 0.3 is 0 Å². The molecule has 0 fully saturated rings. The molecule has 0 aromatic heterocycles. The Morgan fingerprint density at radius 1 is 1.29 bits per heavy atom. The zero-order chi connectivity index (χ0) is 17.7. The zero-order valence-electron chi connectivity index (χ0n) is 13.3. The Balaban J connectivity index is 2.08. The number of nitrogens with zero attached hydrogens (tertiary/aromatic N) is 1. The lowest BCUT2D eigenvalue weighted by Gasteiger charge is -2.12. The summed E-state index contributed by atoms with van der Waals surface area (Å²) in [6, 6.07) is 11.1. The molecule has 0 aliphatic heterocycles. The van der Waals surface area contributed by atoms with Gasteiger partial charge < -0.3 is 10.1 Å². The van der Waals surface area contributed by atoms with E-state index >= 15 is 0 Å². The number of carbonyl (C=O) groups is 1. The van der Waals surface area contributed by atoms with E-state index in [1.165, 1.54) is 6.07 Å². The maximum Gasteiger partial charge on any atom is 0.273 e. The highest BCUT2D eigenvalue weighted by Crippen LogP contribution is 2.28. The lowest BCUT2D eigenvalue weighted by Crippen LogP contribution is -2.15. The van der Waals surface area contributed by atoms with Crippen LogP contribution >= 0.6 is 11.6 Å². The number of hydrogen-bond acceptors (Lipinski definition) is 4. The Hall–Kier alpha value is -2.60. The first-order chi connectivity index (χ1) is 11.4. The van der Waals surface area contributed by atoms with Gasteiger partial charge in [0.05, 0.1) is 22.5 Å². The average molecular weight is 349 g/mol. The topological polar surface area (TPSA) is 81.5 Å². The molecule has 7 heteroatoms. The van der Waals surface area contributed by atoms with Crippen molar-refractivity contribution in [2.75, 3.05) is 5.32 Å². The summed E-state index contributed by atoms with van der Waals surface area (Å²) in [5, 5.41) is 14.0. The fourth-order valence-corrected chi connectivity index (χ4v) is 2.37. The van der Waals surface area contributed by atoms with Crippen molar-refractivity contribution in [2.45, 2.75) is 26.4 Å². The second kappa shape index (κ2) is 7.79. The van der Waals surface area contributed by atoms with Crippen LogP contribution in [0.1, 0.15) is 19.4 Å². The molecule has 6 nitrogen and oxygen atoms in total. The van der Waals surface area contributed by atoms with Gasteiger partial charge in [0.2, 0.25) is 5.91 Å². The first-order valence-corrected chi connectivity index (χ1v) is 7.73. The minimum atomic E-state index is -0.502.